The van der Waals surface area contributed by atoms with E-state index in [0.29, 0.717) is 23.3 Å². The predicted octanol–water partition coefficient (Wildman–Crippen LogP) is 3.10. The highest BCUT2D eigenvalue weighted by atomic mass is 19.1. The third kappa shape index (κ3) is 2.99. The molecule has 2 bridgehead atoms. The Morgan fingerprint density at radius 3 is 2.58 bits per heavy atom. The summed E-state index contributed by atoms with van der Waals surface area (Å²) in [5, 5.41) is 6.56. The van der Waals surface area contributed by atoms with Gasteiger partial charge in [-0.1, -0.05) is 12.1 Å². The van der Waals surface area contributed by atoms with Crippen molar-refractivity contribution in [3.63, 3.8) is 0 Å². The van der Waals surface area contributed by atoms with Crippen LogP contribution < -0.4 is 15.4 Å². The van der Waals surface area contributed by atoms with Crippen LogP contribution in [0.25, 0.3) is 0 Å². The maximum absolute atomic E-state index is 13.6. The number of carbonyl (C=O) groups excluding carboxylic acids is 1. The Kier molecular flexibility index (Phi) is 3.94. The van der Waals surface area contributed by atoms with Gasteiger partial charge in [-0.3, -0.25) is 4.79 Å². The minimum absolute atomic E-state index is 0.0648. The summed E-state index contributed by atoms with van der Waals surface area (Å²) >= 11 is 0. The molecule has 1 saturated heterocycles. The van der Waals surface area contributed by atoms with Crippen LogP contribution in [0.3, 0.4) is 0 Å². The predicted molar refractivity (Wildman–Crippen MR) is 88.7 cm³/mol. The molecule has 2 fully saturated rings. The molecule has 1 aliphatic carbocycles. The van der Waals surface area contributed by atoms with Gasteiger partial charge in [0.15, 0.2) is 11.6 Å². The Balaban J connectivity index is 1.40. The van der Waals surface area contributed by atoms with Gasteiger partial charge in [0, 0.05) is 24.2 Å². The molecular formula is C19H19FN2O2. The van der Waals surface area contributed by atoms with Crippen LogP contribution in [0.1, 0.15) is 23.2 Å². The molecule has 3 unspecified atom stereocenters. The molecule has 124 valence electrons. The fourth-order valence-corrected chi connectivity index (χ4v) is 3.59. The second-order valence-corrected chi connectivity index (χ2v) is 6.47. The van der Waals surface area contributed by atoms with Crippen LogP contribution in [0.5, 0.6) is 11.5 Å². The number of fused-ring (bicyclic) bond motifs is 2. The number of hydrogen-bond acceptors (Lipinski definition) is 3. The molecule has 1 saturated carbocycles. The molecule has 24 heavy (non-hydrogen) atoms. The average Bonchev–Trinajstić information content (AvgIpc) is 3.20. The summed E-state index contributed by atoms with van der Waals surface area (Å²) in [5.74, 6) is 0.738. The van der Waals surface area contributed by atoms with Crippen LogP contribution >= 0.6 is 0 Å². The van der Waals surface area contributed by atoms with Gasteiger partial charge < -0.3 is 15.4 Å². The fourth-order valence-electron chi connectivity index (χ4n) is 3.59. The van der Waals surface area contributed by atoms with Crippen LogP contribution in [0.2, 0.25) is 0 Å². The SMILES string of the molecule is O=C(NC1CC2CC1CN2)c1ccc(Oc2ccccc2F)cc1. The Hall–Kier alpha value is -2.40. The third-order valence-corrected chi connectivity index (χ3v) is 4.86. The van der Waals surface area contributed by atoms with Gasteiger partial charge in [-0.05, 0) is 55.2 Å². The Morgan fingerprint density at radius 2 is 1.92 bits per heavy atom. The van der Waals surface area contributed by atoms with Crippen LogP contribution in [-0.4, -0.2) is 24.5 Å². The van der Waals surface area contributed by atoms with Gasteiger partial charge in [-0.15, -0.1) is 0 Å². The zero-order valence-corrected chi connectivity index (χ0v) is 13.2. The van der Waals surface area contributed by atoms with Gasteiger partial charge in [0.1, 0.15) is 5.75 Å². The van der Waals surface area contributed by atoms with Crippen LogP contribution in [0.4, 0.5) is 4.39 Å². The summed E-state index contributed by atoms with van der Waals surface area (Å²) in [6, 6.07) is 13.8. The topological polar surface area (TPSA) is 50.4 Å². The van der Waals surface area contributed by atoms with E-state index < -0.39 is 5.82 Å². The highest BCUT2D eigenvalue weighted by molar-refractivity contribution is 5.94. The normalized spacial score (nSPS) is 24.8. The van der Waals surface area contributed by atoms with E-state index in [-0.39, 0.29) is 17.7 Å². The monoisotopic (exact) mass is 326 g/mol. The average molecular weight is 326 g/mol. The van der Waals surface area contributed by atoms with E-state index in [0.717, 1.165) is 19.4 Å². The number of nitrogens with one attached hydrogen (secondary N) is 2. The van der Waals surface area contributed by atoms with Crippen molar-refractivity contribution in [2.24, 2.45) is 5.92 Å². The smallest absolute Gasteiger partial charge is 0.251 e. The minimum Gasteiger partial charge on any atom is -0.454 e. The van der Waals surface area contributed by atoms with Crippen molar-refractivity contribution in [2.75, 3.05) is 6.54 Å². The maximum atomic E-state index is 13.6. The minimum atomic E-state index is -0.413. The lowest BCUT2D eigenvalue weighted by molar-refractivity contribution is 0.0925. The summed E-state index contributed by atoms with van der Waals surface area (Å²) in [5.41, 5.74) is 0.589. The molecule has 2 aromatic carbocycles. The van der Waals surface area contributed by atoms with Gasteiger partial charge in [-0.2, -0.15) is 0 Å². The van der Waals surface area contributed by atoms with Gasteiger partial charge in [-0.25, -0.2) is 4.39 Å². The van der Waals surface area contributed by atoms with E-state index in [9.17, 15) is 9.18 Å². The maximum Gasteiger partial charge on any atom is 0.251 e. The van der Waals surface area contributed by atoms with Crippen molar-refractivity contribution >= 4 is 5.91 Å². The molecule has 2 aliphatic rings. The Bertz CT molecular complexity index is 747. The summed E-state index contributed by atoms with van der Waals surface area (Å²) in [7, 11) is 0. The molecule has 4 nitrogen and oxygen atoms in total. The largest absolute Gasteiger partial charge is 0.454 e. The molecule has 1 heterocycles. The Morgan fingerprint density at radius 1 is 1.12 bits per heavy atom. The number of halogens is 1. The number of piperidine rings is 1. The second kappa shape index (κ2) is 6.24. The summed E-state index contributed by atoms with van der Waals surface area (Å²) in [6.07, 6.45) is 2.16. The third-order valence-electron chi connectivity index (χ3n) is 4.86. The first-order valence-corrected chi connectivity index (χ1v) is 8.26. The molecule has 0 radical (unpaired) electrons. The number of carbonyl (C=O) groups is 1. The number of rotatable bonds is 4. The molecule has 2 aromatic rings. The summed E-state index contributed by atoms with van der Waals surface area (Å²) in [4.78, 5) is 12.4. The lowest BCUT2D eigenvalue weighted by atomic mass is 10.0. The van der Waals surface area contributed by atoms with E-state index in [1.807, 2.05) is 0 Å². The molecule has 5 heteroatoms. The highest BCUT2D eigenvalue weighted by Gasteiger charge is 2.40. The van der Waals surface area contributed by atoms with Gasteiger partial charge >= 0.3 is 0 Å². The summed E-state index contributed by atoms with van der Waals surface area (Å²) in [6.45, 7) is 0.991. The van der Waals surface area contributed by atoms with Crippen molar-refractivity contribution in [1.82, 2.24) is 10.6 Å². The zero-order valence-electron chi connectivity index (χ0n) is 13.2. The number of ether oxygens (including phenoxy) is 1. The molecule has 3 atom stereocenters. The lowest BCUT2D eigenvalue weighted by Crippen LogP contribution is -2.44. The van der Waals surface area contributed by atoms with Crippen molar-refractivity contribution in [2.45, 2.75) is 24.9 Å². The van der Waals surface area contributed by atoms with Gasteiger partial charge in [0.2, 0.25) is 0 Å². The molecule has 1 aliphatic heterocycles. The number of hydrogen-bond donors (Lipinski definition) is 2. The highest BCUT2D eigenvalue weighted by Crippen LogP contribution is 2.31. The van der Waals surface area contributed by atoms with E-state index in [2.05, 4.69) is 10.6 Å². The molecule has 1 amide bonds. The first-order chi connectivity index (χ1) is 11.7. The van der Waals surface area contributed by atoms with E-state index in [4.69, 9.17) is 4.74 Å². The molecule has 2 N–H and O–H groups in total. The second-order valence-electron chi connectivity index (χ2n) is 6.47. The lowest BCUT2D eigenvalue weighted by Gasteiger charge is -2.23. The summed E-state index contributed by atoms with van der Waals surface area (Å²) < 4.78 is 19.1. The van der Waals surface area contributed by atoms with E-state index in [1.54, 1.807) is 42.5 Å². The standard InChI is InChI=1S/C19H19FN2O2/c20-16-3-1-2-4-18(16)24-15-7-5-12(6-8-15)19(23)22-17-10-14-9-13(17)11-21-14/h1-8,13-14,17,21H,9-11H2,(H,22,23). The first-order valence-electron chi connectivity index (χ1n) is 8.26. The Labute approximate surface area is 140 Å². The molecule has 0 aromatic heterocycles. The number of para-hydroxylation sites is 1. The van der Waals surface area contributed by atoms with Crippen LogP contribution in [0, 0.1) is 11.7 Å². The quantitative estimate of drug-likeness (QED) is 0.908. The zero-order chi connectivity index (χ0) is 16.5. The fraction of sp³-hybridized carbons (Fsp3) is 0.316. The molecule has 4 rings (SSSR count). The molecular weight excluding hydrogens is 307 g/mol. The number of benzene rings is 2. The number of amides is 1. The molecule has 0 spiro atoms. The van der Waals surface area contributed by atoms with Crippen LogP contribution in [0.15, 0.2) is 48.5 Å². The van der Waals surface area contributed by atoms with Gasteiger partial charge in [0.05, 0.1) is 0 Å². The first kappa shape index (κ1) is 15.1. The van der Waals surface area contributed by atoms with Gasteiger partial charge in [0.25, 0.3) is 5.91 Å². The van der Waals surface area contributed by atoms with E-state index >= 15 is 0 Å². The van der Waals surface area contributed by atoms with Crippen molar-refractivity contribution in [1.29, 1.82) is 0 Å². The van der Waals surface area contributed by atoms with Crippen LogP contribution in [-0.2, 0) is 0 Å². The van der Waals surface area contributed by atoms with Crippen molar-refractivity contribution < 1.29 is 13.9 Å². The van der Waals surface area contributed by atoms with Crippen molar-refractivity contribution in [3.05, 3.63) is 59.9 Å². The van der Waals surface area contributed by atoms with E-state index in [1.165, 1.54) is 6.07 Å². The van der Waals surface area contributed by atoms with Crippen molar-refractivity contribution in [3.8, 4) is 11.5 Å².